The lowest BCUT2D eigenvalue weighted by atomic mass is 10.1. The number of rotatable bonds is 7. The topological polar surface area (TPSA) is 88.3 Å². The number of nitrogens with two attached hydrogens (primary N) is 1. The number of hydrogen-bond donors (Lipinski definition) is 2. The van der Waals surface area contributed by atoms with E-state index in [2.05, 4.69) is 10.3 Å². The summed E-state index contributed by atoms with van der Waals surface area (Å²) < 4.78 is 0. The fraction of sp³-hybridized carbons (Fsp3) is 0.389. The molecule has 3 N–H and O–H groups in total. The van der Waals surface area contributed by atoms with Gasteiger partial charge in [0.2, 0.25) is 5.91 Å². The van der Waals surface area contributed by atoms with Crippen molar-refractivity contribution < 1.29 is 9.59 Å². The summed E-state index contributed by atoms with van der Waals surface area (Å²) in [5.74, 6) is 0.0554. The predicted molar refractivity (Wildman–Crippen MR) is 104 cm³/mol. The van der Waals surface area contributed by atoms with Gasteiger partial charge in [-0.1, -0.05) is 24.3 Å². The second-order valence-corrected chi connectivity index (χ2v) is 7.03. The average molecular weight is 395 g/mol. The summed E-state index contributed by atoms with van der Waals surface area (Å²) in [6.45, 7) is 2.49. The van der Waals surface area contributed by atoms with Crippen LogP contribution in [0.1, 0.15) is 39.5 Å². The molecule has 8 heteroatoms. The van der Waals surface area contributed by atoms with Crippen molar-refractivity contribution in [1.29, 1.82) is 0 Å². The van der Waals surface area contributed by atoms with Crippen LogP contribution in [-0.4, -0.2) is 34.8 Å². The molecular weight excluding hydrogens is 372 g/mol. The Balaban J connectivity index is 0.00000243. The molecule has 0 atom stereocenters. The Labute approximate surface area is 163 Å². The van der Waals surface area contributed by atoms with Crippen molar-refractivity contribution in [3.8, 4) is 0 Å². The number of amides is 2. The van der Waals surface area contributed by atoms with Crippen molar-refractivity contribution in [2.75, 3.05) is 13.1 Å². The van der Waals surface area contributed by atoms with E-state index in [9.17, 15) is 9.59 Å². The molecule has 1 fully saturated rings. The van der Waals surface area contributed by atoms with Gasteiger partial charge in [0.15, 0.2) is 0 Å². The molecule has 1 aromatic heterocycles. The molecule has 2 aromatic rings. The second-order valence-electron chi connectivity index (χ2n) is 6.08. The molecule has 0 unspecified atom stereocenters. The van der Waals surface area contributed by atoms with Crippen molar-refractivity contribution in [3.05, 3.63) is 51.5 Å². The van der Waals surface area contributed by atoms with E-state index in [0.717, 1.165) is 29.1 Å². The molecule has 0 spiro atoms. The molecule has 2 heterocycles. The van der Waals surface area contributed by atoms with Gasteiger partial charge in [0.25, 0.3) is 5.91 Å². The number of nitrogens with zero attached hydrogens (tertiary/aromatic N) is 2. The van der Waals surface area contributed by atoms with Crippen LogP contribution < -0.4 is 11.1 Å². The Bertz CT molecular complexity index is 748. The normalized spacial score (nSPS) is 13.6. The van der Waals surface area contributed by atoms with E-state index in [0.29, 0.717) is 38.2 Å². The molecule has 26 heavy (non-hydrogen) atoms. The third kappa shape index (κ3) is 5.27. The average Bonchev–Trinajstić information content (AvgIpc) is 3.24. The number of halogens is 1. The number of hydrogen-bond acceptors (Lipinski definition) is 5. The van der Waals surface area contributed by atoms with Gasteiger partial charge >= 0.3 is 0 Å². The van der Waals surface area contributed by atoms with Crippen LogP contribution in [0.3, 0.4) is 0 Å². The maximum Gasteiger partial charge on any atom is 0.271 e. The minimum absolute atomic E-state index is 0. The van der Waals surface area contributed by atoms with Crippen LogP contribution in [0.15, 0.2) is 29.6 Å². The van der Waals surface area contributed by atoms with Crippen LogP contribution in [0.25, 0.3) is 0 Å². The lowest BCUT2D eigenvalue weighted by molar-refractivity contribution is -0.128. The van der Waals surface area contributed by atoms with Gasteiger partial charge in [-0.25, -0.2) is 4.98 Å². The highest BCUT2D eigenvalue weighted by Gasteiger charge is 2.19. The third-order valence-electron chi connectivity index (χ3n) is 4.16. The fourth-order valence-electron chi connectivity index (χ4n) is 2.78. The van der Waals surface area contributed by atoms with Gasteiger partial charge in [-0.3, -0.25) is 9.59 Å². The van der Waals surface area contributed by atoms with Crippen molar-refractivity contribution in [2.24, 2.45) is 5.73 Å². The molecule has 1 saturated heterocycles. The Kier molecular flexibility index (Phi) is 7.56. The second kappa shape index (κ2) is 9.66. The molecule has 2 amide bonds. The summed E-state index contributed by atoms with van der Waals surface area (Å²) in [6.07, 6.45) is 2.30. The number of thiazole rings is 1. The summed E-state index contributed by atoms with van der Waals surface area (Å²) >= 11 is 1.46. The molecule has 0 aliphatic carbocycles. The minimum Gasteiger partial charge on any atom is -0.347 e. The predicted octanol–water partition coefficient (Wildman–Crippen LogP) is 2.12. The molecule has 0 saturated carbocycles. The van der Waals surface area contributed by atoms with E-state index in [1.807, 2.05) is 29.2 Å². The van der Waals surface area contributed by atoms with Gasteiger partial charge in [-0.05, 0) is 24.1 Å². The zero-order valence-electron chi connectivity index (χ0n) is 14.4. The zero-order chi connectivity index (χ0) is 17.6. The first-order valence-electron chi connectivity index (χ1n) is 8.44. The van der Waals surface area contributed by atoms with Gasteiger partial charge < -0.3 is 16.0 Å². The number of carbonyl (C=O) groups is 2. The largest absolute Gasteiger partial charge is 0.347 e. The number of nitrogens with one attached hydrogen (secondary N) is 1. The van der Waals surface area contributed by atoms with Gasteiger partial charge in [0, 0.05) is 37.9 Å². The highest BCUT2D eigenvalue weighted by Crippen LogP contribution is 2.15. The van der Waals surface area contributed by atoms with Gasteiger partial charge in [0.1, 0.15) is 5.69 Å². The Morgan fingerprint density at radius 3 is 2.65 bits per heavy atom. The molecule has 140 valence electrons. The maximum atomic E-state index is 12.1. The Morgan fingerprint density at radius 1 is 1.27 bits per heavy atom. The summed E-state index contributed by atoms with van der Waals surface area (Å²) in [6, 6.07) is 7.98. The van der Waals surface area contributed by atoms with Crippen LogP contribution in [0.5, 0.6) is 0 Å². The lowest BCUT2D eigenvalue weighted by Crippen LogP contribution is -2.24. The van der Waals surface area contributed by atoms with E-state index >= 15 is 0 Å². The van der Waals surface area contributed by atoms with E-state index in [1.54, 1.807) is 5.38 Å². The maximum absolute atomic E-state index is 12.1. The first kappa shape index (κ1) is 20.4. The van der Waals surface area contributed by atoms with Gasteiger partial charge in [-0.2, -0.15) is 0 Å². The van der Waals surface area contributed by atoms with Crippen LogP contribution >= 0.6 is 23.7 Å². The number of benzene rings is 1. The van der Waals surface area contributed by atoms with E-state index in [4.69, 9.17) is 5.73 Å². The smallest absolute Gasteiger partial charge is 0.271 e. The van der Waals surface area contributed by atoms with Gasteiger partial charge in [-0.15, -0.1) is 23.7 Å². The molecule has 1 aliphatic heterocycles. The Morgan fingerprint density at radius 2 is 2.00 bits per heavy atom. The number of aromatic nitrogens is 1. The first-order valence-corrected chi connectivity index (χ1v) is 9.32. The number of likely N-dealkylation sites (tertiary alicyclic amines) is 1. The molecule has 6 nitrogen and oxygen atoms in total. The fourth-order valence-corrected chi connectivity index (χ4v) is 3.57. The Hall–Kier alpha value is -1.96. The van der Waals surface area contributed by atoms with E-state index in [1.165, 1.54) is 11.3 Å². The summed E-state index contributed by atoms with van der Waals surface area (Å²) in [7, 11) is 0. The number of carbonyl (C=O) groups excluding carboxylic acids is 2. The summed E-state index contributed by atoms with van der Waals surface area (Å²) in [4.78, 5) is 30.0. The van der Waals surface area contributed by atoms with Crippen LogP contribution in [-0.2, 0) is 24.3 Å². The molecule has 3 rings (SSSR count). The molecule has 0 bridgehead atoms. The monoisotopic (exact) mass is 394 g/mol. The quantitative estimate of drug-likeness (QED) is 0.752. The third-order valence-corrected chi connectivity index (χ3v) is 5.07. The highest BCUT2D eigenvalue weighted by atomic mass is 35.5. The zero-order valence-corrected chi connectivity index (χ0v) is 16.1. The molecular formula is C18H23ClN4O2S. The standard InChI is InChI=1S/C18H22N4O2S.ClH/c19-8-7-16-21-15(12-25-16)18(24)20-10-13-3-5-14(6-4-13)11-22-9-1-2-17(22)23;/h3-6,12H,1-2,7-11,19H2,(H,20,24);1H. The van der Waals surface area contributed by atoms with Crippen LogP contribution in [0.2, 0.25) is 0 Å². The first-order chi connectivity index (χ1) is 12.2. The summed E-state index contributed by atoms with van der Waals surface area (Å²) in [5, 5.41) is 5.52. The SMILES string of the molecule is Cl.NCCc1nc(C(=O)NCc2ccc(CN3CCCC3=O)cc2)cs1. The van der Waals surface area contributed by atoms with E-state index in [-0.39, 0.29) is 24.2 Å². The van der Waals surface area contributed by atoms with Crippen molar-refractivity contribution in [3.63, 3.8) is 0 Å². The molecule has 1 aliphatic rings. The summed E-state index contributed by atoms with van der Waals surface area (Å²) in [5.41, 5.74) is 8.06. The van der Waals surface area contributed by atoms with Crippen molar-refractivity contribution >= 4 is 35.6 Å². The molecule has 0 radical (unpaired) electrons. The van der Waals surface area contributed by atoms with Crippen molar-refractivity contribution in [1.82, 2.24) is 15.2 Å². The minimum atomic E-state index is -0.175. The van der Waals surface area contributed by atoms with E-state index < -0.39 is 0 Å². The highest BCUT2D eigenvalue weighted by molar-refractivity contribution is 7.09. The molecule has 1 aromatic carbocycles. The lowest BCUT2D eigenvalue weighted by Gasteiger charge is -2.15. The van der Waals surface area contributed by atoms with Crippen molar-refractivity contribution in [2.45, 2.75) is 32.4 Å². The van der Waals surface area contributed by atoms with Crippen LogP contribution in [0, 0.1) is 0 Å². The van der Waals surface area contributed by atoms with Gasteiger partial charge in [0.05, 0.1) is 5.01 Å². The van der Waals surface area contributed by atoms with Crippen LogP contribution in [0.4, 0.5) is 0 Å².